The Kier molecular flexibility index (Phi) is 4.66. The van der Waals surface area contributed by atoms with E-state index < -0.39 is 0 Å². The first kappa shape index (κ1) is 16.0. The predicted molar refractivity (Wildman–Crippen MR) is 88.4 cm³/mol. The molecule has 0 saturated carbocycles. The highest BCUT2D eigenvalue weighted by atomic mass is 16.5. The Balaban J connectivity index is 1.57. The van der Waals surface area contributed by atoms with Gasteiger partial charge in [-0.3, -0.25) is 4.79 Å². The average Bonchev–Trinajstić information content (AvgIpc) is 2.85. The van der Waals surface area contributed by atoms with Crippen molar-refractivity contribution in [3.8, 4) is 0 Å². The lowest BCUT2D eigenvalue weighted by molar-refractivity contribution is -0.117. The van der Waals surface area contributed by atoms with Gasteiger partial charge < -0.3 is 15.4 Å². The summed E-state index contributed by atoms with van der Waals surface area (Å²) in [4.78, 5) is 23.9. The zero-order valence-corrected chi connectivity index (χ0v) is 13.7. The molecule has 0 radical (unpaired) electrons. The molecule has 0 aliphatic carbocycles. The molecule has 0 aromatic heterocycles. The minimum Gasteiger partial charge on any atom is -0.465 e. The van der Waals surface area contributed by atoms with Crippen LogP contribution in [0.3, 0.4) is 0 Å². The van der Waals surface area contributed by atoms with Crippen LogP contribution in [0.1, 0.15) is 48.0 Å². The predicted octanol–water partition coefficient (Wildman–Crippen LogP) is 2.64. The van der Waals surface area contributed by atoms with Crippen molar-refractivity contribution in [1.29, 1.82) is 0 Å². The Morgan fingerprint density at radius 2 is 1.96 bits per heavy atom. The molecule has 2 aliphatic heterocycles. The normalized spacial score (nSPS) is 25.9. The molecule has 5 heteroatoms. The topological polar surface area (TPSA) is 67.4 Å². The minimum atomic E-state index is -0.356. The fourth-order valence-electron chi connectivity index (χ4n) is 3.90. The van der Waals surface area contributed by atoms with Crippen LogP contribution >= 0.6 is 0 Å². The summed E-state index contributed by atoms with van der Waals surface area (Å²) in [5.74, 6) is 0.177. The molecule has 1 aromatic carbocycles. The van der Waals surface area contributed by atoms with Gasteiger partial charge in [-0.1, -0.05) is 0 Å². The minimum absolute atomic E-state index is 0.0570. The maximum absolute atomic E-state index is 12.3. The van der Waals surface area contributed by atoms with Crippen molar-refractivity contribution in [3.63, 3.8) is 0 Å². The van der Waals surface area contributed by atoms with Gasteiger partial charge in [0.15, 0.2) is 0 Å². The van der Waals surface area contributed by atoms with Crippen molar-refractivity contribution in [2.75, 3.05) is 12.4 Å². The van der Waals surface area contributed by atoms with Crippen molar-refractivity contribution >= 4 is 17.6 Å². The molecule has 23 heavy (non-hydrogen) atoms. The van der Waals surface area contributed by atoms with Gasteiger partial charge in [-0.15, -0.1) is 0 Å². The number of hydrogen-bond donors (Lipinski definition) is 2. The first-order valence-electron chi connectivity index (χ1n) is 8.30. The zero-order chi connectivity index (χ0) is 16.4. The van der Waals surface area contributed by atoms with Crippen LogP contribution in [0, 0.1) is 12.8 Å². The van der Waals surface area contributed by atoms with Gasteiger partial charge in [-0.25, -0.2) is 4.79 Å². The lowest BCUT2D eigenvalue weighted by atomic mass is 9.89. The number of hydrogen-bond acceptors (Lipinski definition) is 4. The van der Waals surface area contributed by atoms with Crippen molar-refractivity contribution in [2.45, 2.75) is 51.1 Å². The summed E-state index contributed by atoms with van der Waals surface area (Å²) in [6, 6.07) is 6.47. The number of carbonyl (C=O) groups is 2. The van der Waals surface area contributed by atoms with Crippen LogP contribution in [0.5, 0.6) is 0 Å². The van der Waals surface area contributed by atoms with E-state index in [0.29, 0.717) is 30.0 Å². The maximum Gasteiger partial charge on any atom is 0.338 e. The van der Waals surface area contributed by atoms with Gasteiger partial charge in [0.1, 0.15) is 0 Å². The second kappa shape index (κ2) is 6.71. The summed E-state index contributed by atoms with van der Waals surface area (Å²) in [5, 5.41) is 6.55. The smallest absolute Gasteiger partial charge is 0.338 e. The van der Waals surface area contributed by atoms with Crippen molar-refractivity contribution in [3.05, 3.63) is 29.3 Å². The Morgan fingerprint density at radius 1 is 1.26 bits per heavy atom. The first-order chi connectivity index (χ1) is 11.0. The number of esters is 1. The Labute approximate surface area is 136 Å². The third kappa shape index (κ3) is 3.72. The third-order valence-electron chi connectivity index (χ3n) is 4.96. The molecule has 0 spiro atoms. The van der Waals surface area contributed by atoms with E-state index in [-0.39, 0.29) is 11.9 Å². The number of rotatable bonds is 4. The number of ether oxygens (including phenoxy) is 1. The van der Waals surface area contributed by atoms with Crippen LogP contribution in [0.4, 0.5) is 5.69 Å². The van der Waals surface area contributed by atoms with Crippen LogP contribution in [0.2, 0.25) is 0 Å². The van der Waals surface area contributed by atoms with E-state index in [2.05, 4.69) is 10.6 Å². The van der Waals surface area contributed by atoms with E-state index in [9.17, 15) is 9.59 Å². The van der Waals surface area contributed by atoms with Crippen molar-refractivity contribution in [1.82, 2.24) is 5.32 Å². The highest BCUT2D eigenvalue weighted by Gasteiger charge is 2.34. The molecule has 3 rings (SSSR count). The highest BCUT2D eigenvalue weighted by Crippen LogP contribution is 2.32. The number of nitrogens with one attached hydrogen (secondary N) is 2. The van der Waals surface area contributed by atoms with E-state index in [4.69, 9.17) is 4.74 Å². The van der Waals surface area contributed by atoms with Gasteiger partial charge in [0, 0.05) is 24.2 Å². The van der Waals surface area contributed by atoms with Gasteiger partial charge >= 0.3 is 5.97 Å². The molecule has 2 N–H and O–H groups in total. The van der Waals surface area contributed by atoms with Crippen LogP contribution in [0.25, 0.3) is 0 Å². The molecule has 2 saturated heterocycles. The molecule has 124 valence electrons. The van der Waals surface area contributed by atoms with Gasteiger partial charge in [-0.05, 0) is 62.3 Å². The van der Waals surface area contributed by atoms with Crippen molar-refractivity contribution in [2.24, 2.45) is 5.92 Å². The standard InChI is InChI=1S/C18H24N2O3/c1-11-7-13(5-6-16(11)18(22)23-2)20-17(21)10-12-8-14-3-4-15(9-12)19-14/h5-7,12,14-15,19H,3-4,8-10H2,1-2H3,(H,20,21). The average molecular weight is 316 g/mol. The lowest BCUT2D eigenvalue weighted by Crippen LogP contribution is -2.39. The van der Waals surface area contributed by atoms with E-state index in [1.165, 1.54) is 20.0 Å². The number of fused-ring (bicyclic) bond motifs is 2. The molecule has 1 aromatic rings. The largest absolute Gasteiger partial charge is 0.465 e. The van der Waals surface area contributed by atoms with Gasteiger partial charge in [-0.2, -0.15) is 0 Å². The molecule has 2 bridgehead atoms. The number of piperidine rings is 1. The Bertz CT molecular complexity index is 602. The molecule has 5 nitrogen and oxygen atoms in total. The van der Waals surface area contributed by atoms with Gasteiger partial charge in [0.25, 0.3) is 0 Å². The summed E-state index contributed by atoms with van der Waals surface area (Å²) < 4.78 is 4.73. The van der Waals surface area contributed by atoms with Crippen LogP contribution in [-0.2, 0) is 9.53 Å². The molecule has 2 fully saturated rings. The molecular formula is C18H24N2O3. The number of anilines is 1. The number of amides is 1. The molecule has 2 unspecified atom stereocenters. The fraction of sp³-hybridized carbons (Fsp3) is 0.556. The van der Waals surface area contributed by atoms with E-state index in [1.807, 2.05) is 13.0 Å². The number of aryl methyl sites for hydroxylation is 1. The monoisotopic (exact) mass is 316 g/mol. The second-order valence-electron chi connectivity index (χ2n) is 6.75. The van der Waals surface area contributed by atoms with E-state index >= 15 is 0 Å². The third-order valence-corrected chi connectivity index (χ3v) is 4.96. The quantitative estimate of drug-likeness (QED) is 0.838. The highest BCUT2D eigenvalue weighted by molar-refractivity contribution is 5.94. The summed E-state index contributed by atoms with van der Waals surface area (Å²) in [7, 11) is 1.36. The summed E-state index contributed by atoms with van der Waals surface area (Å²) in [6.07, 6.45) is 5.27. The van der Waals surface area contributed by atoms with Crippen molar-refractivity contribution < 1.29 is 14.3 Å². The van der Waals surface area contributed by atoms with Crippen LogP contribution in [0.15, 0.2) is 18.2 Å². The molecule has 1 amide bonds. The van der Waals surface area contributed by atoms with Gasteiger partial charge in [0.05, 0.1) is 12.7 Å². The SMILES string of the molecule is COC(=O)c1ccc(NC(=O)CC2CC3CCC(C2)N3)cc1C. The van der Waals surface area contributed by atoms with Gasteiger partial charge in [0.2, 0.25) is 5.91 Å². The summed E-state index contributed by atoms with van der Waals surface area (Å²) in [5.41, 5.74) is 2.06. The summed E-state index contributed by atoms with van der Waals surface area (Å²) in [6.45, 7) is 1.84. The van der Waals surface area contributed by atoms with Crippen LogP contribution < -0.4 is 10.6 Å². The number of carbonyl (C=O) groups excluding carboxylic acids is 2. The molecule has 2 aliphatic rings. The van der Waals surface area contributed by atoms with E-state index in [0.717, 1.165) is 24.1 Å². The summed E-state index contributed by atoms with van der Waals surface area (Å²) >= 11 is 0. The number of benzene rings is 1. The Hall–Kier alpha value is -1.88. The van der Waals surface area contributed by atoms with E-state index in [1.54, 1.807) is 12.1 Å². The first-order valence-corrected chi connectivity index (χ1v) is 8.30. The molecular weight excluding hydrogens is 292 g/mol. The Morgan fingerprint density at radius 3 is 2.57 bits per heavy atom. The molecule has 2 atom stereocenters. The fourth-order valence-corrected chi connectivity index (χ4v) is 3.90. The van der Waals surface area contributed by atoms with Crippen LogP contribution in [-0.4, -0.2) is 31.1 Å². The molecule has 2 heterocycles. The zero-order valence-electron chi connectivity index (χ0n) is 13.7. The second-order valence-corrected chi connectivity index (χ2v) is 6.75. The lowest BCUT2D eigenvalue weighted by Gasteiger charge is -2.28. The maximum atomic E-state index is 12.3. The number of methoxy groups -OCH3 is 1.